The highest BCUT2D eigenvalue weighted by atomic mass is 16.2. The summed E-state index contributed by atoms with van der Waals surface area (Å²) in [5.74, 6) is 1.15. The van der Waals surface area contributed by atoms with Crippen LogP contribution in [0, 0.1) is 6.92 Å². The van der Waals surface area contributed by atoms with E-state index in [1.165, 1.54) is 0 Å². The van der Waals surface area contributed by atoms with Crippen molar-refractivity contribution in [2.75, 3.05) is 29.9 Å². The number of hydrogen-bond donors (Lipinski definition) is 0. The van der Waals surface area contributed by atoms with Crippen molar-refractivity contribution < 1.29 is 4.79 Å². The van der Waals surface area contributed by atoms with Gasteiger partial charge in [-0.2, -0.15) is 0 Å². The van der Waals surface area contributed by atoms with Gasteiger partial charge < -0.3 is 9.80 Å². The lowest BCUT2D eigenvalue weighted by Gasteiger charge is -2.23. The van der Waals surface area contributed by atoms with Crippen LogP contribution in [0.1, 0.15) is 52.1 Å². The molecule has 0 radical (unpaired) electrons. The maximum atomic E-state index is 12.2. The fourth-order valence-corrected chi connectivity index (χ4v) is 2.45. The summed E-state index contributed by atoms with van der Waals surface area (Å²) >= 11 is 0. The molecule has 0 saturated heterocycles. The summed E-state index contributed by atoms with van der Waals surface area (Å²) in [6.45, 7) is 10.2. The van der Waals surface area contributed by atoms with Crippen LogP contribution in [0.2, 0.25) is 0 Å². The van der Waals surface area contributed by atoms with E-state index in [0.717, 1.165) is 49.6 Å². The summed E-state index contributed by atoms with van der Waals surface area (Å²) in [6.07, 6.45) is 3.82. The van der Waals surface area contributed by atoms with Crippen molar-refractivity contribution in [2.45, 2.75) is 53.4 Å². The van der Waals surface area contributed by atoms with Gasteiger partial charge in [-0.1, -0.05) is 19.8 Å². The summed E-state index contributed by atoms with van der Waals surface area (Å²) in [7, 11) is 1.84. The third-order valence-electron chi connectivity index (χ3n) is 3.86. The summed E-state index contributed by atoms with van der Waals surface area (Å²) in [4.78, 5) is 20.8. The van der Waals surface area contributed by atoms with E-state index in [-0.39, 0.29) is 5.91 Å². The highest BCUT2D eigenvalue weighted by Gasteiger charge is 2.14. The molecular formula is C17H29N3O. The zero-order valence-corrected chi connectivity index (χ0v) is 14.1. The van der Waals surface area contributed by atoms with Crippen LogP contribution < -0.4 is 9.80 Å². The third kappa shape index (κ3) is 4.73. The fourth-order valence-electron chi connectivity index (χ4n) is 2.45. The van der Waals surface area contributed by atoms with Gasteiger partial charge in [-0.3, -0.25) is 4.79 Å². The van der Waals surface area contributed by atoms with Gasteiger partial charge in [0.25, 0.3) is 0 Å². The van der Waals surface area contributed by atoms with Crippen molar-refractivity contribution in [3.63, 3.8) is 0 Å². The van der Waals surface area contributed by atoms with Crippen molar-refractivity contribution >= 4 is 17.4 Å². The molecule has 118 valence electrons. The van der Waals surface area contributed by atoms with E-state index in [1.807, 2.05) is 26.1 Å². The Kier molecular flexibility index (Phi) is 7.20. The largest absolute Gasteiger partial charge is 0.357 e. The van der Waals surface area contributed by atoms with Crippen LogP contribution in [0.5, 0.6) is 0 Å². The van der Waals surface area contributed by atoms with E-state index >= 15 is 0 Å². The van der Waals surface area contributed by atoms with Crippen molar-refractivity contribution in [1.82, 2.24) is 4.98 Å². The first kappa shape index (κ1) is 17.5. The second kappa shape index (κ2) is 8.65. The van der Waals surface area contributed by atoms with Crippen molar-refractivity contribution in [2.24, 2.45) is 0 Å². The number of aryl methyl sites for hydroxylation is 1. The molecule has 0 unspecified atom stereocenters. The zero-order valence-electron chi connectivity index (χ0n) is 14.1. The molecule has 21 heavy (non-hydrogen) atoms. The lowest BCUT2D eigenvalue weighted by molar-refractivity contribution is -0.118. The van der Waals surface area contributed by atoms with E-state index in [4.69, 9.17) is 0 Å². The van der Waals surface area contributed by atoms with Gasteiger partial charge >= 0.3 is 0 Å². The Morgan fingerprint density at radius 1 is 1.14 bits per heavy atom. The fraction of sp³-hybridized carbons (Fsp3) is 0.647. The molecule has 0 spiro atoms. The van der Waals surface area contributed by atoms with Crippen molar-refractivity contribution in [3.05, 3.63) is 17.8 Å². The van der Waals surface area contributed by atoms with Crippen LogP contribution in [0.25, 0.3) is 0 Å². The van der Waals surface area contributed by atoms with Gasteiger partial charge in [-0.05, 0) is 39.3 Å². The molecule has 0 aromatic carbocycles. The Morgan fingerprint density at radius 3 is 2.33 bits per heavy atom. The van der Waals surface area contributed by atoms with Crippen molar-refractivity contribution in [1.29, 1.82) is 0 Å². The molecule has 4 nitrogen and oxygen atoms in total. The molecule has 1 aromatic rings. The first-order valence-corrected chi connectivity index (χ1v) is 8.04. The number of carbonyl (C=O) groups is 1. The zero-order chi connectivity index (χ0) is 15.8. The van der Waals surface area contributed by atoms with E-state index in [9.17, 15) is 4.79 Å². The number of anilines is 2. The SMILES string of the molecule is CCCCCC(=O)N(C)c1ccc(N(CC)CC)nc1C. The molecule has 0 N–H and O–H groups in total. The summed E-state index contributed by atoms with van der Waals surface area (Å²) in [6, 6.07) is 4.01. The second-order valence-electron chi connectivity index (χ2n) is 5.36. The van der Waals surface area contributed by atoms with Gasteiger partial charge in [0.1, 0.15) is 5.82 Å². The maximum Gasteiger partial charge on any atom is 0.226 e. The highest BCUT2D eigenvalue weighted by Crippen LogP contribution is 2.22. The molecular weight excluding hydrogens is 262 g/mol. The molecule has 0 atom stereocenters. The number of pyridine rings is 1. The minimum Gasteiger partial charge on any atom is -0.357 e. The van der Waals surface area contributed by atoms with Crippen LogP contribution >= 0.6 is 0 Å². The average molecular weight is 291 g/mol. The number of carbonyl (C=O) groups excluding carboxylic acids is 1. The van der Waals surface area contributed by atoms with Gasteiger partial charge in [0.2, 0.25) is 5.91 Å². The lowest BCUT2D eigenvalue weighted by Crippen LogP contribution is -2.28. The summed E-state index contributed by atoms with van der Waals surface area (Å²) in [5, 5.41) is 0. The molecule has 0 aliphatic carbocycles. The molecule has 1 aromatic heterocycles. The van der Waals surface area contributed by atoms with E-state index in [0.29, 0.717) is 6.42 Å². The van der Waals surface area contributed by atoms with Gasteiger partial charge in [0.15, 0.2) is 0 Å². The minimum absolute atomic E-state index is 0.170. The lowest BCUT2D eigenvalue weighted by atomic mass is 10.2. The molecule has 0 bridgehead atoms. The molecule has 0 fully saturated rings. The normalized spacial score (nSPS) is 10.5. The van der Waals surface area contributed by atoms with Crippen LogP contribution in [-0.4, -0.2) is 31.0 Å². The Bertz CT molecular complexity index is 455. The second-order valence-corrected chi connectivity index (χ2v) is 5.36. The topological polar surface area (TPSA) is 36.4 Å². The quantitative estimate of drug-likeness (QED) is 0.684. The van der Waals surface area contributed by atoms with Crippen LogP contribution in [0.15, 0.2) is 12.1 Å². The molecule has 0 aliphatic rings. The van der Waals surface area contributed by atoms with E-state index in [2.05, 4.69) is 30.7 Å². The molecule has 4 heteroatoms. The predicted octanol–water partition coefficient (Wildman–Crippen LogP) is 3.78. The monoisotopic (exact) mass is 291 g/mol. The Morgan fingerprint density at radius 2 is 1.81 bits per heavy atom. The van der Waals surface area contributed by atoms with Gasteiger partial charge in [0.05, 0.1) is 11.4 Å². The predicted molar refractivity (Wildman–Crippen MR) is 90.1 cm³/mol. The van der Waals surface area contributed by atoms with E-state index in [1.54, 1.807) is 4.90 Å². The Labute approximate surface area is 129 Å². The molecule has 1 heterocycles. The van der Waals surface area contributed by atoms with Crippen LogP contribution in [0.3, 0.4) is 0 Å². The number of rotatable bonds is 8. The molecule has 0 saturated carbocycles. The molecule has 1 rings (SSSR count). The minimum atomic E-state index is 0.170. The standard InChI is InChI=1S/C17H29N3O/c1-6-9-10-11-17(21)19(5)15-12-13-16(18-14(15)4)20(7-2)8-3/h12-13H,6-11H2,1-5H3. The number of aromatic nitrogens is 1. The number of unbranched alkanes of at least 4 members (excludes halogenated alkanes) is 2. The van der Waals surface area contributed by atoms with Gasteiger partial charge in [-0.25, -0.2) is 4.98 Å². The van der Waals surface area contributed by atoms with Gasteiger partial charge in [-0.15, -0.1) is 0 Å². The van der Waals surface area contributed by atoms with Crippen LogP contribution in [-0.2, 0) is 4.79 Å². The van der Waals surface area contributed by atoms with Crippen LogP contribution in [0.4, 0.5) is 11.5 Å². The first-order valence-electron chi connectivity index (χ1n) is 8.04. The number of hydrogen-bond acceptors (Lipinski definition) is 3. The smallest absolute Gasteiger partial charge is 0.226 e. The highest BCUT2D eigenvalue weighted by molar-refractivity contribution is 5.93. The summed E-state index contributed by atoms with van der Waals surface area (Å²) < 4.78 is 0. The summed E-state index contributed by atoms with van der Waals surface area (Å²) in [5.41, 5.74) is 1.82. The third-order valence-corrected chi connectivity index (χ3v) is 3.86. The van der Waals surface area contributed by atoms with Crippen molar-refractivity contribution in [3.8, 4) is 0 Å². The van der Waals surface area contributed by atoms with Gasteiger partial charge in [0, 0.05) is 26.6 Å². The maximum absolute atomic E-state index is 12.2. The molecule has 1 amide bonds. The average Bonchev–Trinajstić information content (AvgIpc) is 2.48. The number of amides is 1. The van der Waals surface area contributed by atoms with E-state index < -0.39 is 0 Å². The first-order chi connectivity index (χ1) is 10.0. The Hall–Kier alpha value is -1.58. The molecule has 0 aliphatic heterocycles. The number of nitrogens with zero attached hydrogens (tertiary/aromatic N) is 3. The Balaban J connectivity index is 2.81.